The van der Waals surface area contributed by atoms with Gasteiger partial charge in [-0.05, 0) is 37.5 Å². The van der Waals surface area contributed by atoms with Crippen molar-refractivity contribution < 1.29 is 13.2 Å². The zero-order valence-corrected chi connectivity index (χ0v) is 14.1. The minimum atomic E-state index is -3.35. The lowest BCUT2D eigenvalue weighted by molar-refractivity contribution is 0.0728. The summed E-state index contributed by atoms with van der Waals surface area (Å²) in [5.74, 6) is 0.397. The number of hydrogen-bond acceptors (Lipinski definition) is 3. The highest BCUT2D eigenvalue weighted by Gasteiger charge is 2.18. The normalized spacial score (nSPS) is 13.0. The first-order valence-electron chi connectivity index (χ1n) is 6.95. The Morgan fingerprint density at radius 3 is 2.43 bits per heavy atom. The zero-order valence-electron chi connectivity index (χ0n) is 13.3. The van der Waals surface area contributed by atoms with E-state index in [9.17, 15) is 13.2 Å². The molecule has 0 saturated heterocycles. The monoisotopic (exact) mass is 312 g/mol. The summed E-state index contributed by atoms with van der Waals surface area (Å²) in [6.45, 7) is 6.24. The van der Waals surface area contributed by atoms with E-state index in [1.807, 2.05) is 6.92 Å². The highest BCUT2D eigenvalue weighted by molar-refractivity contribution is 7.92. The molecule has 1 atom stereocenters. The first-order chi connectivity index (χ1) is 9.60. The molecule has 1 aromatic rings. The summed E-state index contributed by atoms with van der Waals surface area (Å²) in [6, 6.07) is 6.66. The highest BCUT2D eigenvalue weighted by atomic mass is 32.2. The zero-order chi connectivity index (χ0) is 16.2. The lowest BCUT2D eigenvalue weighted by Gasteiger charge is -2.26. The third kappa shape index (κ3) is 5.75. The summed E-state index contributed by atoms with van der Waals surface area (Å²) < 4.78 is 24.9. The first-order valence-corrected chi connectivity index (χ1v) is 8.84. The molecule has 0 bridgehead atoms. The van der Waals surface area contributed by atoms with Crippen LogP contribution in [0.4, 0.5) is 5.69 Å². The third-order valence-electron chi connectivity index (χ3n) is 3.21. The molecule has 1 aromatic carbocycles. The molecule has 21 heavy (non-hydrogen) atoms. The molecule has 1 N–H and O–H groups in total. The highest BCUT2D eigenvalue weighted by Crippen LogP contribution is 2.16. The Morgan fingerprint density at radius 2 is 1.90 bits per heavy atom. The Balaban J connectivity index is 2.90. The minimum Gasteiger partial charge on any atom is -0.339 e. The number of hydrogen-bond donors (Lipinski definition) is 1. The van der Waals surface area contributed by atoms with Gasteiger partial charge in [-0.2, -0.15) is 0 Å². The summed E-state index contributed by atoms with van der Waals surface area (Å²) >= 11 is 0. The number of anilines is 1. The van der Waals surface area contributed by atoms with Crippen LogP contribution in [0.3, 0.4) is 0 Å². The molecule has 0 unspecified atom stereocenters. The summed E-state index contributed by atoms with van der Waals surface area (Å²) in [5.41, 5.74) is 0.870. The molecule has 118 valence electrons. The fourth-order valence-corrected chi connectivity index (χ4v) is 2.73. The van der Waals surface area contributed by atoms with Crippen LogP contribution in [0.5, 0.6) is 0 Å². The number of carbonyl (C=O) groups excluding carboxylic acids is 1. The van der Waals surface area contributed by atoms with Crippen LogP contribution in [0.1, 0.15) is 37.6 Å². The van der Waals surface area contributed by atoms with Crippen LogP contribution in [0.2, 0.25) is 0 Å². The standard InChI is InChI=1S/C15H24N2O3S/c1-11(2)9-12(3)17(4)15(18)13-7-6-8-14(10-13)16-21(5,19)20/h6-8,10-12,16H,9H2,1-5H3/t12-/m1/s1. The number of nitrogens with zero attached hydrogens (tertiary/aromatic N) is 1. The van der Waals surface area contributed by atoms with Crippen LogP contribution in [-0.4, -0.2) is 38.6 Å². The molecule has 0 heterocycles. The summed E-state index contributed by atoms with van der Waals surface area (Å²) in [5, 5.41) is 0. The van der Waals surface area contributed by atoms with E-state index in [0.29, 0.717) is 17.2 Å². The number of benzene rings is 1. The Kier molecular flexibility index (Phi) is 5.78. The quantitative estimate of drug-likeness (QED) is 0.878. The molecule has 1 rings (SSSR count). The van der Waals surface area contributed by atoms with E-state index in [1.54, 1.807) is 36.2 Å². The molecule has 5 nitrogen and oxygen atoms in total. The molecule has 0 radical (unpaired) electrons. The summed E-state index contributed by atoms with van der Waals surface area (Å²) in [7, 11) is -1.58. The average Bonchev–Trinajstić information content (AvgIpc) is 2.34. The van der Waals surface area contributed by atoms with Gasteiger partial charge in [-0.15, -0.1) is 0 Å². The van der Waals surface area contributed by atoms with Crippen LogP contribution in [0.15, 0.2) is 24.3 Å². The van der Waals surface area contributed by atoms with Crippen LogP contribution >= 0.6 is 0 Å². The van der Waals surface area contributed by atoms with Crippen molar-refractivity contribution >= 4 is 21.6 Å². The van der Waals surface area contributed by atoms with Gasteiger partial charge in [0, 0.05) is 24.3 Å². The van der Waals surface area contributed by atoms with Crippen LogP contribution in [0.25, 0.3) is 0 Å². The van der Waals surface area contributed by atoms with E-state index < -0.39 is 10.0 Å². The fourth-order valence-electron chi connectivity index (χ4n) is 2.17. The van der Waals surface area contributed by atoms with E-state index >= 15 is 0 Å². The molecule has 0 spiro atoms. The van der Waals surface area contributed by atoms with Crippen LogP contribution in [0, 0.1) is 5.92 Å². The predicted octanol–water partition coefficient (Wildman–Crippen LogP) is 2.56. The van der Waals surface area contributed by atoms with Crippen molar-refractivity contribution in [1.82, 2.24) is 4.90 Å². The molecule has 0 saturated carbocycles. The van der Waals surface area contributed by atoms with Gasteiger partial charge in [-0.25, -0.2) is 8.42 Å². The second-order valence-electron chi connectivity index (χ2n) is 5.85. The summed E-state index contributed by atoms with van der Waals surface area (Å²) in [4.78, 5) is 14.1. The van der Waals surface area contributed by atoms with Crippen molar-refractivity contribution in [2.75, 3.05) is 18.0 Å². The maximum atomic E-state index is 12.4. The first kappa shape index (κ1) is 17.5. The van der Waals surface area contributed by atoms with Gasteiger partial charge in [-0.3, -0.25) is 9.52 Å². The van der Waals surface area contributed by atoms with Crippen molar-refractivity contribution in [3.63, 3.8) is 0 Å². The van der Waals surface area contributed by atoms with Gasteiger partial charge in [0.2, 0.25) is 10.0 Å². The molecular formula is C15H24N2O3S. The van der Waals surface area contributed by atoms with Gasteiger partial charge in [0.15, 0.2) is 0 Å². The Morgan fingerprint density at radius 1 is 1.29 bits per heavy atom. The lowest BCUT2D eigenvalue weighted by atomic mass is 10.0. The smallest absolute Gasteiger partial charge is 0.253 e. The van der Waals surface area contributed by atoms with E-state index in [1.165, 1.54) is 0 Å². The van der Waals surface area contributed by atoms with Crippen molar-refractivity contribution in [2.45, 2.75) is 33.2 Å². The van der Waals surface area contributed by atoms with Crippen molar-refractivity contribution in [3.8, 4) is 0 Å². The average molecular weight is 312 g/mol. The number of nitrogens with one attached hydrogen (secondary N) is 1. The predicted molar refractivity (Wildman–Crippen MR) is 85.9 cm³/mol. The Labute approximate surface area is 127 Å². The lowest BCUT2D eigenvalue weighted by Crippen LogP contribution is -2.35. The second kappa shape index (κ2) is 6.93. The minimum absolute atomic E-state index is 0.111. The second-order valence-corrected chi connectivity index (χ2v) is 7.60. The van der Waals surface area contributed by atoms with E-state index in [2.05, 4.69) is 18.6 Å². The number of amides is 1. The Hall–Kier alpha value is -1.56. The SMILES string of the molecule is CC(C)C[C@@H](C)N(C)C(=O)c1cccc(NS(C)(=O)=O)c1. The van der Waals surface area contributed by atoms with Gasteiger partial charge >= 0.3 is 0 Å². The molecule has 0 aliphatic heterocycles. The molecule has 1 amide bonds. The molecular weight excluding hydrogens is 288 g/mol. The number of sulfonamides is 1. The van der Waals surface area contributed by atoms with E-state index in [4.69, 9.17) is 0 Å². The topological polar surface area (TPSA) is 66.5 Å². The molecule has 6 heteroatoms. The number of rotatable bonds is 6. The maximum absolute atomic E-state index is 12.4. The van der Waals surface area contributed by atoms with Gasteiger partial charge in [0.25, 0.3) is 5.91 Å². The molecule has 0 aliphatic rings. The van der Waals surface area contributed by atoms with Crippen molar-refractivity contribution in [2.24, 2.45) is 5.92 Å². The van der Waals surface area contributed by atoms with Gasteiger partial charge in [0.05, 0.1) is 6.26 Å². The Bertz CT molecular complexity index is 597. The number of carbonyl (C=O) groups is 1. The molecule has 0 aromatic heterocycles. The van der Waals surface area contributed by atoms with Crippen LogP contribution in [-0.2, 0) is 10.0 Å². The van der Waals surface area contributed by atoms with Crippen molar-refractivity contribution in [3.05, 3.63) is 29.8 Å². The van der Waals surface area contributed by atoms with Crippen LogP contribution < -0.4 is 4.72 Å². The van der Waals surface area contributed by atoms with Gasteiger partial charge in [0.1, 0.15) is 0 Å². The molecule has 0 aliphatic carbocycles. The summed E-state index contributed by atoms with van der Waals surface area (Å²) in [6.07, 6.45) is 2.00. The molecule has 0 fully saturated rings. The van der Waals surface area contributed by atoms with Crippen molar-refractivity contribution in [1.29, 1.82) is 0 Å². The third-order valence-corrected chi connectivity index (χ3v) is 3.81. The maximum Gasteiger partial charge on any atom is 0.253 e. The van der Waals surface area contributed by atoms with E-state index in [-0.39, 0.29) is 11.9 Å². The largest absolute Gasteiger partial charge is 0.339 e. The van der Waals surface area contributed by atoms with Gasteiger partial charge in [-0.1, -0.05) is 19.9 Å². The fraction of sp³-hybridized carbons (Fsp3) is 0.533. The van der Waals surface area contributed by atoms with E-state index in [0.717, 1.165) is 12.7 Å². The van der Waals surface area contributed by atoms with Gasteiger partial charge < -0.3 is 4.90 Å².